The number of hydrogen-bond acceptors (Lipinski definition) is 4. The van der Waals surface area contributed by atoms with E-state index in [0.29, 0.717) is 25.2 Å². The quantitative estimate of drug-likeness (QED) is 0.611. The smallest absolute Gasteiger partial charge is 0.338 e. The van der Waals surface area contributed by atoms with Crippen LogP contribution in [0.3, 0.4) is 0 Å². The lowest BCUT2D eigenvalue weighted by Gasteiger charge is -2.42. The van der Waals surface area contributed by atoms with Crippen LogP contribution >= 0.6 is 0 Å². The minimum Gasteiger partial charge on any atom is -0.338 e. The van der Waals surface area contributed by atoms with Gasteiger partial charge in [0.1, 0.15) is 6.33 Å². The lowest BCUT2D eigenvalue weighted by atomic mass is 9.82. The molecule has 0 spiro atoms. The van der Waals surface area contributed by atoms with Gasteiger partial charge in [0, 0.05) is 49.2 Å². The van der Waals surface area contributed by atoms with Crippen LogP contribution in [0.5, 0.6) is 0 Å². The molecule has 1 aromatic carbocycles. The maximum absolute atomic E-state index is 13.2. The molecule has 6 nitrogen and oxygen atoms in total. The molecule has 5 rings (SSSR count). The van der Waals surface area contributed by atoms with Crippen molar-refractivity contribution in [3.8, 4) is 11.1 Å². The fourth-order valence-corrected chi connectivity index (χ4v) is 4.79. The molecule has 4 heterocycles. The summed E-state index contributed by atoms with van der Waals surface area (Å²) in [5.41, 5.74) is 0.639. The number of alkyl halides is 3. The molecule has 0 radical (unpaired) electrons. The molecule has 0 aliphatic carbocycles. The van der Waals surface area contributed by atoms with E-state index in [1.54, 1.807) is 21.6 Å². The van der Waals surface area contributed by atoms with E-state index in [1.807, 2.05) is 0 Å². The van der Waals surface area contributed by atoms with Crippen LogP contribution in [0.25, 0.3) is 11.1 Å². The summed E-state index contributed by atoms with van der Waals surface area (Å²) in [6.07, 6.45) is 0.722. The number of hydrogen-bond donors (Lipinski definition) is 0. The van der Waals surface area contributed by atoms with Gasteiger partial charge in [-0.3, -0.25) is 9.59 Å². The summed E-state index contributed by atoms with van der Waals surface area (Å²) in [7, 11) is 0. The van der Waals surface area contributed by atoms with Crippen LogP contribution < -0.4 is 5.56 Å². The van der Waals surface area contributed by atoms with Gasteiger partial charge in [-0.15, -0.1) is 0 Å². The monoisotopic (exact) mass is 440 g/mol. The number of rotatable bonds is 2. The van der Waals surface area contributed by atoms with Gasteiger partial charge in [-0.2, -0.15) is 13.2 Å². The molecule has 2 aromatic heterocycles. The second-order valence-electron chi connectivity index (χ2n) is 8.30. The van der Waals surface area contributed by atoms with Gasteiger partial charge < -0.3 is 9.47 Å². The van der Waals surface area contributed by atoms with E-state index in [4.69, 9.17) is 0 Å². The maximum atomic E-state index is 13.2. The van der Waals surface area contributed by atoms with Gasteiger partial charge in [-0.1, -0.05) is 12.1 Å². The summed E-state index contributed by atoms with van der Waals surface area (Å²) in [5, 5.41) is 0. The fraction of sp³-hybridized carbons (Fsp3) is 0.304. The summed E-state index contributed by atoms with van der Waals surface area (Å²) >= 11 is 0. The van der Waals surface area contributed by atoms with E-state index < -0.39 is 11.7 Å². The van der Waals surface area contributed by atoms with E-state index in [-0.39, 0.29) is 34.4 Å². The largest absolute Gasteiger partial charge is 0.416 e. The summed E-state index contributed by atoms with van der Waals surface area (Å²) in [6, 6.07) is 8.23. The lowest BCUT2D eigenvalue weighted by molar-refractivity contribution is -0.137. The van der Waals surface area contributed by atoms with Crippen molar-refractivity contribution in [3.05, 3.63) is 82.3 Å². The Morgan fingerprint density at radius 2 is 1.81 bits per heavy atom. The molecule has 0 saturated carbocycles. The number of fused-ring (bicyclic) bond motifs is 4. The first kappa shape index (κ1) is 20.4. The van der Waals surface area contributed by atoms with Gasteiger partial charge >= 0.3 is 6.18 Å². The number of pyridine rings is 1. The Labute approximate surface area is 181 Å². The molecule has 2 aliphatic heterocycles. The van der Waals surface area contributed by atoms with Crippen molar-refractivity contribution in [3.63, 3.8) is 0 Å². The third-order valence-electron chi connectivity index (χ3n) is 6.20. The molecule has 32 heavy (non-hydrogen) atoms. The number of carbonyl (C=O) groups is 1. The lowest BCUT2D eigenvalue weighted by Crippen LogP contribution is -2.49. The Morgan fingerprint density at radius 3 is 2.56 bits per heavy atom. The number of likely N-dealkylation sites (tertiary alicyclic amines) is 1. The van der Waals surface area contributed by atoms with Gasteiger partial charge in [0.2, 0.25) is 0 Å². The zero-order valence-corrected chi connectivity index (χ0v) is 16.9. The molecule has 3 aromatic rings. The van der Waals surface area contributed by atoms with Crippen molar-refractivity contribution < 1.29 is 18.0 Å². The zero-order chi connectivity index (χ0) is 22.5. The average molecular weight is 440 g/mol. The molecule has 2 atom stereocenters. The summed E-state index contributed by atoms with van der Waals surface area (Å²) in [6.45, 7) is 1.39. The highest BCUT2D eigenvalue weighted by molar-refractivity contribution is 5.93. The molecular weight excluding hydrogens is 421 g/mol. The van der Waals surface area contributed by atoms with Gasteiger partial charge in [0.15, 0.2) is 0 Å². The molecule has 164 valence electrons. The molecule has 0 N–H and O–H groups in total. The minimum absolute atomic E-state index is 0.0145. The number of benzene rings is 1. The highest BCUT2D eigenvalue weighted by Gasteiger charge is 2.37. The SMILES string of the molecule is O=C(c1cncnc1)N1CC2CC(C1)c1ccc(-c3cccc(C(F)(F)F)c3)c(=O)n1C2. The van der Waals surface area contributed by atoms with Crippen LogP contribution in [0.4, 0.5) is 13.2 Å². The Kier molecular flexibility index (Phi) is 4.83. The van der Waals surface area contributed by atoms with Crippen LogP contribution in [0, 0.1) is 5.92 Å². The number of carbonyl (C=O) groups excluding carboxylic acids is 1. The zero-order valence-electron chi connectivity index (χ0n) is 16.9. The molecule has 9 heteroatoms. The number of halogens is 3. The van der Waals surface area contributed by atoms with Crippen molar-refractivity contribution in [2.75, 3.05) is 13.1 Å². The molecule has 2 bridgehead atoms. The van der Waals surface area contributed by atoms with Crippen LogP contribution in [-0.4, -0.2) is 38.4 Å². The van der Waals surface area contributed by atoms with Crippen LogP contribution in [-0.2, 0) is 12.7 Å². The Hall–Kier alpha value is -3.49. The predicted octanol–water partition coefficient (Wildman–Crippen LogP) is 3.58. The first-order valence-corrected chi connectivity index (χ1v) is 10.3. The van der Waals surface area contributed by atoms with Gasteiger partial charge in [0.05, 0.1) is 11.1 Å². The Balaban J connectivity index is 1.47. The van der Waals surface area contributed by atoms with E-state index in [9.17, 15) is 22.8 Å². The number of aromatic nitrogens is 3. The van der Waals surface area contributed by atoms with E-state index >= 15 is 0 Å². The summed E-state index contributed by atoms with van der Waals surface area (Å²) < 4.78 is 41.0. The van der Waals surface area contributed by atoms with Crippen LogP contribution in [0.2, 0.25) is 0 Å². The van der Waals surface area contributed by atoms with Gasteiger partial charge in [-0.05, 0) is 42.2 Å². The Bertz CT molecular complexity index is 1240. The first-order valence-electron chi connectivity index (χ1n) is 10.3. The molecule has 2 aliphatic rings. The third-order valence-corrected chi connectivity index (χ3v) is 6.20. The standard InChI is InChI=1S/C23H19F3N4O2/c24-23(25,26)18-3-1-2-15(7-18)19-4-5-20-16-6-14(11-30(20)22(19)32)10-29(12-16)21(31)17-8-27-13-28-9-17/h1-5,7-9,13-14,16H,6,10-12H2. The molecular formula is C23H19F3N4O2. The van der Waals surface area contributed by atoms with E-state index in [0.717, 1.165) is 24.2 Å². The topological polar surface area (TPSA) is 68.1 Å². The van der Waals surface area contributed by atoms with Crippen LogP contribution in [0.15, 0.2) is 59.9 Å². The maximum Gasteiger partial charge on any atom is 0.416 e. The van der Waals surface area contributed by atoms with Crippen molar-refractivity contribution in [2.45, 2.75) is 25.1 Å². The minimum atomic E-state index is -4.47. The molecule has 1 saturated heterocycles. The molecule has 1 amide bonds. The Morgan fingerprint density at radius 1 is 1.03 bits per heavy atom. The highest BCUT2D eigenvalue weighted by atomic mass is 19.4. The van der Waals surface area contributed by atoms with E-state index in [1.165, 1.54) is 30.9 Å². The summed E-state index contributed by atoms with van der Waals surface area (Å²) in [5.74, 6) is -0.0692. The number of piperidine rings is 1. The predicted molar refractivity (Wildman–Crippen MR) is 110 cm³/mol. The van der Waals surface area contributed by atoms with E-state index in [2.05, 4.69) is 9.97 Å². The van der Waals surface area contributed by atoms with Crippen molar-refractivity contribution in [1.29, 1.82) is 0 Å². The number of amides is 1. The van der Waals surface area contributed by atoms with Crippen molar-refractivity contribution in [2.24, 2.45) is 5.92 Å². The second-order valence-corrected chi connectivity index (χ2v) is 8.30. The third kappa shape index (κ3) is 3.57. The average Bonchev–Trinajstić information content (AvgIpc) is 2.79. The van der Waals surface area contributed by atoms with Crippen molar-refractivity contribution >= 4 is 5.91 Å². The summed E-state index contributed by atoms with van der Waals surface area (Å²) in [4.78, 5) is 35.7. The normalized spacial score (nSPS) is 20.0. The van der Waals surface area contributed by atoms with Gasteiger partial charge in [-0.25, -0.2) is 9.97 Å². The first-order chi connectivity index (χ1) is 15.3. The fourth-order valence-electron chi connectivity index (χ4n) is 4.79. The van der Waals surface area contributed by atoms with Crippen LogP contribution in [0.1, 0.15) is 34.0 Å². The second kappa shape index (κ2) is 7.58. The highest BCUT2D eigenvalue weighted by Crippen LogP contribution is 2.37. The number of nitrogens with zero attached hydrogens (tertiary/aromatic N) is 4. The molecule has 2 unspecified atom stereocenters. The molecule has 1 fully saturated rings. The van der Waals surface area contributed by atoms with Crippen molar-refractivity contribution in [1.82, 2.24) is 19.4 Å². The van der Waals surface area contributed by atoms with Gasteiger partial charge in [0.25, 0.3) is 11.5 Å².